The molecule has 0 N–H and O–H groups in total. The van der Waals surface area contributed by atoms with E-state index in [9.17, 15) is 14.0 Å². The average molecular weight is 344 g/mol. The smallest absolute Gasteiger partial charge is 0.259 e. The molecule has 0 spiro atoms. The quantitative estimate of drug-likeness (QED) is 0.809. The van der Waals surface area contributed by atoms with Gasteiger partial charge in [-0.1, -0.05) is 18.2 Å². The summed E-state index contributed by atoms with van der Waals surface area (Å²) in [6.45, 7) is 0.199. The molecule has 132 valence electrons. The first-order valence-electron chi connectivity index (χ1n) is 7.79. The van der Waals surface area contributed by atoms with Crippen molar-refractivity contribution in [1.82, 2.24) is 9.80 Å². The lowest BCUT2D eigenvalue weighted by atomic mass is 10.1. The number of ether oxygens (including phenoxy) is 1. The van der Waals surface area contributed by atoms with Crippen LogP contribution >= 0.6 is 0 Å². The Balaban J connectivity index is 2.03. The van der Waals surface area contributed by atoms with Crippen molar-refractivity contribution in [3.05, 3.63) is 65.5 Å². The van der Waals surface area contributed by atoms with Gasteiger partial charge in [-0.25, -0.2) is 4.39 Å². The first-order valence-corrected chi connectivity index (χ1v) is 7.79. The van der Waals surface area contributed by atoms with Crippen LogP contribution in [-0.2, 0) is 11.3 Å². The molecule has 0 atom stereocenters. The first-order chi connectivity index (χ1) is 11.9. The van der Waals surface area contributed by atoms with E-state index < -0.39 is 0 Å². The average Bonchev–Trinajstić information content (AvgIpc) is 2.59. The maximum Gasteiger partial charge on any atom is 0.259 e. The van der Waals surface area contributed by atoms with Crippen molar-refractivity contribution < 1.29 is 18.7 Å². The molecular weight excluding hydrogens is 323 g/mol. The molecule has 6 heteroatoms. The van der Waals surface area contributed by atoms with Gasteiger partial charge < -0.3 is 14.5 Å². The number of benzene rings is 2. The number of carbonyl (C=O) groups excluding carboxylic acids is 2. The molecule has 0 aromatic heterocycles. The summed E-state index contributed by atoms with van der Waals surface area (Å²) in [5.74, 6) is -0.270. The van der Waals surface area contributed by atoms with Gasteiger partial charge in [0, 0.05) is 33.3 Å². The summed E-state index contributed by atoms with van der Waals surface area (Å²) >= 11 is 0. The van der Waals surface area contributed by atoms with E-state index in [-0.39, 0.29) is 24.2 Å². The second-order valence-electron chi connectivity index (χ2n) is 5.90. The molecule has 0 aliphatic heterocycles. The van der Waals surface area contributed by atoms with E-state index in [0.717, 1.165) is 0 Å². The first kappa shape index (κ1) is 18.4. The van der Waals surface area contributed by atoms with E-state index in [4.69, 9.17) is 4.74 Å². The largest absolute Gasteiger partial charge is 0.484 e. The summed E-state index contributed by atoms with van der Waals surface area (Å²) < 4.78 is 18.7. The van der Waals surface area contributed by atoms with E-state index in [1.807, 2.05) is 0 Å². The number of hydrogen-bond acceptors (Lipinski definition) is 3. The highest BCUT2D eigenvalue weighted by molar-refractivity contribution is 5.94. The minimum absolute atomic E-state index is 0.0935. The van der Waals surface area contributed by atoms with Gasteiger partial charge in [-0.2, -0.15) is 0 Å². The van der Waals surface area contributed by atoms with Gasteiger partial charge in [0.1, 0.15) is 11.6 Å². The van der Waals surface area contributed by atoms with Crippen LogP contribution in [0.5, 0.6) is 5.75 Å². The summed E-state index contributed by atoms with van der Waals surface area (Å²) in [5.41, 5.74) is 1.15. The number of nitrogens with zero attached hydrogens (tertiary/aromatic N) is 2. The Hall–Kier alpha value is -2.89. The van der Waals surface area contributed by atoms with E-state index in [1.165, 1.54) is 21.9 Å². The topological polar surface area (TPSA) is 49.9 Å². The Morgan fingerprint density at radius 1 is 1.04 bits per heavy atom. The lowest BCUT2D eigenvalue weighted by Crippen LogP contribution is -2.28. The zero-order chi connectivity index (χ0) is 18.4. The Morgan fingerprint density at radius 2 is 1.76 bits per heavy atom. The molecule has 0 saturated carbocycles. The summed E-state index contributed by atoms with van der Waals surface area (Å²) in [7, 11) is 4.94. The number of likely N-dealkylation sites (N-methyl/N-ethyl adjacent to an activating group) is 1. The van der Waals surface area contributed by atoms with Crippen molar-refractivity contribution >= 4 is 11.8 Å². The van der Waals surface area contributed by atoms with Crippen LogP contribution in [0.2, 0.25) is 0 Å². The van der Waals surface area contributed by atoms with Gasteiger partial charge in [-0.3, -0.25) is 9.59 Å². The van der Waals surface area contributed by atoms with Crippen molar-refractivity contribution in [3.8, 4) is 5.75 Å². The lowest BCUT2D eigenvalue weighted by Gasteiger charge is -2.18. The van der Waals surface area contributed by atoms with Gasteiger partial charge in [-0.05, 0) is 35.9 Å². The van der Waals surface area contributed by atoms with E-state index in [0.29, 0.717) is 23.4 Å². The Kier molecular flexibility index (Phi) is 6.11. The molecule has 25 heavy (non-hydrogen) atoms. The van der Waals surface area contributed by atoms with Crippen LogP contribution < -0.4 is 4.74 Å². The van der Waals surface area contributed by atoms with E-state index in [2.05, 4.69) is 0 Å². The number of hydrogen-bond donors (Lipinski definition) is 0. The van der Waals surface area contributed by atoms with Crippen LogP contribution in [0.1, 0.15) is 15.9 Å². The third-order valence-corrected chi connectivity index (χ3v) is 3.60. The van der Waals surface area contributed by atoms with Gasteiger partial charge in [0.2, 0.25) is 0 Å². The number of carbonyl (C=O) groups is 2. The second-order valence-corrected chi connectivity index (χ2v) is 5.90. The predicted octanol–water partition coefficient (Wildman–Crippen LogP) is 2.56. The fraction of sp³-hybridized carbons (Fsp3) is 0.263. The minimum atomic E-state index is -0.334. The molecule has 2 rings (SSSR count). The highest BCUT2D eigenvalue weighted by Gasteiger charge is 2.14. The molecule has 2 aromatic carbocycles. The van der Waals surface area contributed by atoms with Crippen LogP contribution in [0.3, 0.4) is 0 Å². The van der Waals surface area contributed by atoms with Crippen LogP contribution in [0.4, 0.5) is 4.39 Å². The third-order valence-electron chi connectivity index (χ3n) is 3.60. The fourth-order valence-corrected chi connectivity index (χ4v) is 2.19. The van der Waals surface area contributed by atoms with Crippen molar-refractivity contribution in [2.45, 2.75) is 6.54 Å². The molecule has 0 bridgehead atoms. The molecule has 2 amide bonds. The predicted molar refractivity (Wildman–Crippen MR) is 92.8 cm³/mol. The highest BCUT2D eigenvalue weighted by Crippen LogP contribution is 2.16. The van der Waals surface area contributed by atoms with Crippen LogP contribution in [0.25, 0.3) is 0 Å². The van der Waals surface area contributed by atoms with E-state index in [1.54, 1.807) is 57.5 Å². The van der Waals surface area contributed by atoms with Gasteiger partial charge in [-0.15, -0.1) is 0 Å². The Labute approximate surface area is 146 Å². The monoisotopic (exact) mass is 344 g/mol. The number of rotatable bonds is 6. The summed E-state index contributed by atoms with van der Waals surface area (Å²) in [5, 5.41) is 0. The van der Waals surface area contributed by atoms with Gasteiger partial charge in [0.25, 0.3) is 11.8 Å². The molecule has 0 aliphatic rings. The van der Waals surface area contributed by atoms with Crippen molar-refractivity contribution in [2.75, 3.05) is 27.7 Å². The standard InChI is InChI=1S/C19H21FN2O3/c1-21(2)18(23)13-25-17-9-5-7-15(11-17)19(24)22(3)12-14-6-4-8-16(20)10-14/h4-11H,12-13H2,1-3H3. The van der Waals surface area contributed by atoms with Gasteiger partial charge >= 0.3 is 0 Å². The lowest BCUT2D eigenvalue weighted by molar-refractivity contribution is -0.130. The minimum Gasteiger partial charge on any atom is -0.484 e. The summed E-state index contributed by atoms with van der Waals surface area (Å²) in [6, 6.07) is 12.8. The number of amides is 2. The molecule has 2 aromatic rings. The van der Waals surface area contributed by atoms with Crippen LogP contribution in [-0.4, -0.2) is 49.4 Å². The third kappa shape index (κ3) is 5.31. The molecule has 0 aliphatic carbocycles. The summed E-state index contributed by atoms with van der Waals surface area (Å²) in [6.07, 6.45) is 0. The van der Waals surface area contributed by atoms with Gasteiger partial charge in [0.15, 0.2) is 6.61 Å². The van der Waals surface area contributed by atoms with Crippen LogP contribution in [0.15, 0.2) is 48.5 Å². The molecule has 5 nitrogen and oxygen atoms in total. The highest BCUT2D eigenvalue weighted by atomic mass is 19.1. The molecule has 0 saturated heterocycles. The van der Waals surface area contributed by atoms with Crippen molar-refractivity contribution in [1.29, 1.82) is 0 Å². The maximum absolute atomic E-state index is 13.3. The van der Waals surface area contributed by atoms with Crippen LogP contribution in [0, 0.1) is 5.82 Å². The van der Waals surface area contributed by atoms with Crippen molar-refractivity contribution in [3.63, 3.8) is 0 Å². The normalized spacial score (nSPS) is 10.2. The number of halogens is 1. The molecule has 0 fully saturated rings. The maximum atomic E-state index is 13.3. The van der Waals surface area contributed by atoms with E-state index >= 15 is 0 Å². The molecule has 0 heterocycles. The molecule has 0 unspecified atom stereocenters. The zero-order valence-electron chi connectivity index (χ0n) is 14.5. The molecular formula is C19H21FN2O3. The Morgan fingerprint density at radius 3 is 2.44 bits per heavy atom. The fourth-order valence-electron chi connectivity index (χ4n) is 2.19. The SMILES string of the molecule is CN(C)C(=O)COc1cccc(C(=O)N(C)Cc2cccc(F)c2)c1. The molecule has 0 radical (unpaired) electrons. The summed E-state index contributed by atoms with van der Waals surface area (Å²) in [4.78, 5) is 27.0. The zero-order valence-corrected chi connectivity index (χ0v) is 14.5. The Bertz CT molecular complexity index is 762. The van der Waals surface area contributed by atoms with Gasteiger partial charge in [0.05, 0.1) is 0 Å². The van der Waals surface area contributed by atoms with Crippen molar-refractivity contribution in [2.24, 2.45) is 0 Å². The second kappa shape index (κ2) is 8.28.